The smallest absolute Gasteiger partial charge is 0.317 e. The zero-order valence-electron chi connectivity index (χ0n) is 16.4. The van der Waals surface area contributed by atoms with E-state index in [2.05, 4.69) is 29.6 Å². The number of carbonyl (C=O) groups is 2. The average Bonchev–Trinajstić information content (AvgIpc) is 2.91. The summed E-state index contributed by atoms with van der Waals surface area (Å²) in [5.41, 5.74) is 1.37. The number of urea groups is 1. The number of nitrogens with zero attached hydrogens (tertiary/aromatic N) is 2. The standard InChI is InChI=1S/C21H33N3O3/c1-23(17-20(25)26)19-12-8-15-24(16-13-19)21(27)22-14-7-3-6-11-18-9-4-2-5-10-18/h2,4-5,9-10,19H,3,6-8,11-17H2,1H3,(H,22,27)(H,25,26). The first kappa shape index (κ1) is 21.2. The van der Waals surface area contributed by atoms with Gasteiger partial charge in [-0.2, -0.15) is 0 Å². The SMILES string of the molecule is CN(CC(=O)O)C1CCCN(C(=O)NCCCCCc2ccccc2)CC1. The Kier molecular flexibility index (Phi) is 9.11. The van der Waals surface area contributed by atoms with Gasteiger partial charge in [0.05, 0.1) is 6.54 Å². The minimum Gasteiger partial charge on any atom is -0.480 e. The van der Waals surface area contributed by atoms with E-state index in [1.165, 1.54) is 5.56 Å². The van der Waals surface area contributed by atoms with E-state index in [4.69, 9.17) is 5.11 Å². The lowest BCUT2D eigenvalue weighted by molar-refractivity contribution is -0.138. The number of aliphatic carboxylic acids is 1. The van der Waals surface area contributed by atoms with Gasteiger partial charge in [0.25, 0.3) is 0 Å². The molecular weight excluding hydrogens is 342 g/mol. The molecule has 0 bridgehead atoms. The van der Waals surface area contributed by atoms with Crippen LogP contribution in [0.15, 0.2) is 30.3 Å². The number of amides is 2. The number of aryl methyl sites for hydroxylation is 1. The topological polar surface area (TPSA) is 72.9 Å². The number of hydrogen-bond donors (Lipinski definition) is 2. The Labute approximate surface area is 162 Å². The first-order chi connectivity index (χ1) is 13.1. The van der Waals surface area contributed by atoms with Crippen LogP contribution in [0.25, 0.3) is 0 Å². The summed E-state index contributed by atoms with van der Waals surface area (Å²) >= 11 is 0. The summed E-state index contributed by atoms with van der Waals surface area (Å²) in [4.78, 5) is 27.0. The minimum atomic E-state index is -0.802. The number of carboxylic acids is 1. The maximum atomic E-state index is 12.4. The van der Waals surface area contributed by atoms with Crippen molar-refractivity contribution in [1.29, 1.82) is 0 Å². The molecule has 2 N–H and O–H groups in total. The van der Waals surface area contributed by atoms with E-state index in [0.29, 0.717) is 13.1 Å². The van der Waals surface area contributed by atoms with Gasteiger partial charge in [-0.15, -0.1) is 0 Å². The van der Waals surface area contributed by atoms with Crippen molar-refractivity contribution in [2.45, 2.75) is 51.0 Å². The van der Waals surface area contributed by atoms with Gasteiger partial charge in [0.1, 0.15) is 0 Å². The van der Waals surface area contributed by atoms with E-state index in [9.17, 15) is 9.59 Å². The summed E-state index contributed by atoms with van der Waals surface area (Å²) in [6.07, 6.45) is 7.02. The van der Waals surface area contributed by atoms with Crippen LogP contribution < -0.4 is 5.32 Å². The Hall–Kier alpha value is -2.08. The molecule has 1 aliphatic heterocycles. The fourth-order valence-corrected chi connectivity index (χ4v) is 3.65. The lowest BCUT2D eigenvalue weighted by atomic mass is 10.1. The van der Waals surface area contributed by atoms with Gasteiger partial charge in [0.15, 0.2) is 0 Å². The van der Waals surface area contributed by atoms with Crippen molar-refractivity contribution < 1.29 is 14.7 Å². The van der Waals surface area contributed by atoms with Crippen LogP contribution in [0.1, 0.15) is 44.1 Å². The molecule has 1 atom stereocenters. The number of rotatable bonds is 9. The highest BCUT2D eigenvalue weighted by Crippen LogP contribution is 2.16. The summed E-state index contributed by atoms with van der Waals surface area (Å²) < 4.78 is 0. The molecule has 0 spiro atoms. The lowest BCUT2D eigenvalue weighted by Crippen LogP contribution is -2.41. The van der Waals surface area contributed by atoms with Crippen LogP contribution in [-0.4, -0.2) is 66.2 Å². The second kappa shape index (κ2) is 11.6. The molecule has 6 heteroatoms. The summed E-state index contributed by atoms with van der Waals surface area (Å²) in [5, 5.41) is 12.0. The minimum absolute atomic E-state index is 0.0135. The van der Waals surface area contributed by atoms with Gasteiger partial charge in [-0.25, -0.2) is 4.79 Å². The second-order valence-electron chi connectivity index (χ2n) is 7.41. The molecule has 2 amide bonds. The van der Waals surface area contributed by atoms with Crippen LogP contribution in [0.5, 0.6) is 0 Å². The average molecular weight is 376 g/mol. The number of likely N-dealkylation sites (tertiary alicyclic amines) is 1. The van der Waals surface area contributed by atoms with Crippen molar-refractivity contribution in [3.63, 3.8) is 0 Å². The Morgan fingerprint density at radius 1 is 1.15 bits per heavy atom. The number of benzene rings is 1. The Balaban J connectivity index is 1.59. The third kappa shape index (κ3) is 7.99. The highest BCUT2D eigenvalue weighted by atomic mass is 16.4. The van der Waals surface area contributed by atoms with Gasteiger partial charge in [0.2, 0.25) is 0 Å². The molecule has 1 heterocycles. The van der Waals surface area contributed by atoms with Crippen LogP contribution in [0, 0.1) is 0 Å². The van der Waals surface area contributed by atoms with Crippen molar-refractivity contribution in [3.05, 3.63) is 35.9 Å². The van der Waals surface area contributed by atoms with E-state index in [1.54, 1.807) is 0 Å². The highest BCUT2D eigenvalue weighted by Gasteiger charge is 2.23. The Morgan fingerprint density at radius 2 is 1.93 bits per heavy atom. The van der Waals surface area contributed by atoms with Crippen molar-refractivity contribution in [3.8, 4) is 0 Å². The fourth-order valence-electron chi connectivity index (χ4n) is 3.65. The molecule has 2 rings (SSSR count). The van der Waals surface area contributed by atoms with Crippen molar-refractivity contribution in [1.82, 2.24) is 15.1 Å². The third-order valence-corrected chi connectivity index (χ3v) is 5.25. The third-order valence-electron chi connectivity index (χ3n) is 5.25. The van der Waals surface area contributed by atoms with Gasteiger partial charge in [0, 0.05) is 25.7 Å². The van der Waals surface area contributed by atoms with Crippen LogP contribution in [0.4, 0.5) is 4.79 Å². The predicted octanol–water partition coefficient (Wildman–Crippen LogP) is 2.98. The van der Waals surface area contributed by atoms with E-state index in [1.807, 2.05) is 22.9 Å². The molecule has 0 aliphatic carbocycles. The van der Waals surface area contributed by atoms with Crippen LogP contribution >= 0.6 is 0 Å². The van der Waals surface area contributed by atoms with E-state index in [-0.39, 0.29) is 18.6 Å². The zero-order chi connectivity index (χ0) is 19.5. The van der Waals surface area contributed by atoms with Crippen LogP contribution in [0.3, 0.4) is 0 Å². The quantitative estimate of drug-likeness (QED) is 0.651. The van der Waals surface area contributed by atoms with E-state index in [0.717, 1.165) is 51.5 Å². The summed E-state index contributed by atoms with van der Waals surface area (Å²) in [7, 11) is 1.85. The molecule has 1 aromatic rings. The molecule has 1 aromatic carbocycles. The monoisotopic (exact) mass is 375 g/mol. The highest BCUT2D eigenvalue weighted by molar-refractivity contribution is 5.74. The summed E-state index contributed by atoms with van der Waals surface area (Å²) in [5.74, 6) is -0.802. The number of hydrogen-bond acceptors (Lipinski definition) is 3. The molecule has 1 fully saturated rings. The Bertz CT molecular complexity index is 579. The normalized spacial score (nSPS) is 17.6. The molecule has 6 nitrogen and oxygen atoms in total. The van der Waals surface area contributed by atoms with Crippen molar-refractivity contribution >= 4 is 12.0 Å². The molecule has 0 aromatic heterocycles. The fraction of sp³-hybridized carbons (Fsp3) is 0.619. The molecule has 150 valence electrons. The first-order valence-corrected chi connectivity index (χ1v) is 10.0. The number of likely N-dealkylation sites (N-methyl/N-ethyl adjacent to an activating group) is 1. The predicted molar refractivity (Wildman–Crippen MR) is 107 cm³/mol. The summed E-state index contributed by atoms with van der Waals surface area (Å²) in [6.45, 7) is 2.21. The lowest BCUT2D eigenvalue weighted by Gasteiger charge is -2.25. The van der Waals surface area contributed by atoms with Gasteiger partial charge < -0.3 is 15.3 Å². The maximum absolute atomic E-state index is 12.4. The largest absolute Gasteiger partial charge is 0.480 e. The van der Waals surface area contributed by atoms with Crippen LogP contribution in [-0.2, 0) is 11.2 Å². The second-order valence-corrected chi connectivity index (χ2v) is 7.41. The summed E-state index contributed by atoms with van der Waals surface area (Å²) in [6, 6.07) is 10.7. The number of nitrogens with one attached hydrogen (secondary N) is 1. The molecule has 0 saturated carbocycles. The van der Waals surface area contributed by atoms with Crippen molar-refractivity contribution in [2.75, 3.05) is 33.2 Å². The zero-order valence-corrected chi connectivity index (χ0v) is 16.4. The van der Waals surface area contributed by atoms with Gasteiger partial charge in [-0.1, -0.05) is 36.8 Å². The first-order valence-electron chi connectivity index (χ1n) is 10.0. The van der Waals surface area contributed by atoms with Crippen molar-refractivity contribution in [2.24, 2.45) is 0 Å². The molecule has 1 saturated heterocycles. The van der Waals surface area contributed by atoms with Gasteiger partial charge in [-0.05, 0) is 51.1 Å². The molecule has 0 radical (unpaired) electrons. The number of unbranched alkanes of at least 4 members (excludes halogenated alkanes) is 2. The Morgan fingerprint density at radius 3 is 2.67 bits per heavy atom. The molecular formula is C21H33N3O3. The number of carbonyl (C=O) groups excluding carboxylic acids is 1. The molecule has 1 aliphatic rings. The van der Waals surface area contributed by atoms with Gasteiger partial charge >= 0.3 is 12.0 Å². The van der Waals surface area contributed by atoms with Crippen LogP contribution in [0.2, 0.25) is 0 Å². The molecule has 27 heavy (non-hydrogen) atoms. The van der Waals surface area contributed by atoms with E-state index < -0.39 is 5.97 Å². The van der Waals surface area contributed by atoms with E-state index >= 15 is 0 Å². The molecule has 1 unspecified atom stereocenters. The number of carboxylic acid groups (broad SMARTS) is 1. The van der Waals surface area contributed by atoms with Gasteiger partial charge in [-0.3, -0.25) is 9.69 Å². The maximum Gasteiger partial charge on any atom is 0.317 e.